The number of aryl methyl sites for hydroxylation is 1. The third kappa shape index (κ3) is 3.23. The number of fused-ring (bicyclic) bond motifs is 1. The molecule has 0 unspecified atom stereocenters. The molecule has 0 spiro atoms. The molecule has 0 saturated heterocycles. The lowest BCUT2D eigenvalue weighted by Gasteiger charge is -2.04. The van der Waals surface area contributed by atoms with Crippen LogP contribution in [0.1, 0.15) is 11.1 Å². The van der Waals surface area contributed by atoms with Crippen LogP contribution in [0.25, 0.3) is 16.3 Å². The number of halogens is 1. The number of thiophene rings is 1. The molecule has 0 aliphatic rings. The molecule has 3 nitrogen and oxygen atoms in total. The maximum absolute atomic E-state index is 5.99. The molecule has 106 valence electrons. The zero-order valence-corrected chi connectivity index (χ0v) is 13.1. The fraction of sp³-hybridized carbons (Fsp3) is 0.125. The number of aromatic nitrogens is 2. The van der Waals surface area contributed by atoms with Crippen molar-refractivity contribution < 1.29 is 0 Å². The average Bonchev–Trinajstić information content (AvgIpc) is 2.86. The third-order valence-corrected chi connectivity index (χ3v) is 4.33. The highest BCUT2D eigenvalue weighted by molar-refractivity contribution is 7.18. The van der Waals surface area contributed by atoms with Crippen molar-refractivity contribution in [3.05, 3.63) is 58.2 Å². The Kier molecular flexibility index (Phi) is 4.18. The van der Waals surface area contributed by atoms with Crippen LogP contribution in [0.4, 0.5) is 5.82 Å². The van der Waals surface area contributed by atoms with Crippen LogP contribution in [-0.2, 0) is 0 Å². The largest absolute Gasteiger partial charge is 0.365 e. The number of anilines is 1. The molecule has 2 aromatic heterocycles. The van der Waals surface area contributed by atoms with E-state index in [9.17, 15) is 0 Å². The fourth-order valence-corrected chi connectivity index (χ4v) is 3.16. The lowest BCUT2D eigenvalue weighted by atomic mass is 10.2. The van der Waals surface area contributed by atoms with E-state index < -0.39 is 0 Å². The van der Waals surface area contributed by atoms with Crippen molar-refractivity contribution in [2.24, 2.45) is 0 Å². The molecule has 3 rings (SSSR count). The quantitative estimate of drug-likeness (QED) is 0.704. The molecule has 5 heteroatoms. The lowest BCUT2D eigenvalue weighted by molar-refractivity contribution is 1.19. The zero-order valence-electron chi connectivity index (χ0n) is 11.5. The minimum absolute atomic E-state index is 0.276. The van der Waals surface area contributed by atoms with E-state index in [1.807, 2.05) is 25.1 Å². The van der Waals surface area contributed by atoms with Crippen molar-refractivity contribution in [1.29, 1.82) is 0 Å². The van der Waals surface area contributed by atoms with Crippen molar-refractivity contribution >= 4 is 45.0 Å². The van der Waals surface area contributed by atoms with Gasteiger partial charge < -0.3 is 5.32 Å². The smallest absolute Gasteiger partial charge is 0.224 e. The molecule has 1 aromatic carbocycles. The van der Waals surface area contributed by atoms with E-state index in [2.05, 4.69) is 44.9 Å². The number of hydrogen-bond donors (Lipinski definition) is 1. The van der Waals surface area contributed by atoms with Gasteiger partial charge in [-0.2, -0.15) is 4.98 Å². The normalized spacial score (nSPS) is 11.3. The van der Waals surface area contributed by atoms with Crippen molar-refractivity contribution in [2.45, 2.75) is 6.92 Å². The van der Waals surface area contributed by atoms with Crippen molar-refractivity contribution in [2.75, 3.05) is 11.9 Å². The topological polar surface area (TPSA) is 37.8 Å². The number of hydrogen-bond acceptors (Lipinski definition) is 4. The summed E-state index contributed by atoms with van der Waals surface area (Å²) in [6.07, 6.45) is 4.14. The summed E-state index contributed by atoms with van der Waals surface area (Å²) < 4.78 is 1.05. The second-order valence-electron chi connectivity index (χ2n) is 4.63. The molecule has 0 radical (unpaired) electrons. The Labute approximate surface area is 132 Å². The van der Waals surface area contributed by atoms with Crippen molar-refractivity contribution in [3.8, 4) is 0 Å². The number of benzene rings is 1. The molecule has 0 fully saturated rings. The van der Waals surface area contributed by atoms with E-state index in [1.54, 1.807) is 11.3 Å². The highest BCUT2D eigenvalue weighted by atomic mass is 35.5. The predicted molar refractivity (Wildman–Crippen MR) is 91.1 cm³/mol. The summed E-state index contributed by atoms with van der Waals surface area (Å²) in [6, 6.07) is 10.2. The highest BCUT2D eigenvalue weighted by Crippen LogP contribution is 2.30. The molecular formula is C16H14ClN3S. The second-order valence-corrected chi connectivity index (χ2v) is 5.85. The van der Waals surface area contributed by atoms with Gasteiger partial charge in [0.05, 0.1) is 10.2 Å². The first kappa shape index (κ1) is 14.0. The van der Waals surface area contributed by atoms with Crippen LogP contribution in [-0.4, -0.2) is 16.5 Å². The lowest BCUT2D eigenvalue weighted by Crippen LogP contribution is -2.01. The molecule has 2 heterocycles. The third-order valence-electron chi connectivity index (χ3n) is 3.06. The van der Waals surface area contributed by atoms with Gasteiger partial charge in [-0.1, -0.05) is 42.5 Å². The minimum atomic E-state index is 0.276. The Hall–Kier alpha value is -1.91. The summed E-state index contributed by atoms with van der Waals surface area (Å²) in [4.78, 5) is 8.56. The fourth-order valence-electron chi connectivity index (χ4n) is 2.04. The number of nitrogens with zero attached hydrogens (tertiary/aromatic N) is 2. The van der Waals surface area contributed by atoms with Crippen LogP contribution in [0, 0.1) is 6.92 Å². The van der Waals surface area contributed by atoms with E-state index in [0.29, 0.717) is 6.54 Å². The van der Waals surface area contributed by atoms with Gasteiger partial charge in [-0.25, -0.2) is 4.98 Å². The van der Waals surface area contributed by atoms with Crippen LogP contribution in [0.5, 0.6) is 0 Å². The van der Waals surface area contributed by atoms with Gasteiger partial charge in [-0.3, -0.25) is 0 Å². The first-order chi connectivity index (χ1) is 10.2. The van der Waals surface area contributed by atoms with Gasteiger partial charge in [0.25, 0.3) is 0 Å². The average molecular weight is 316 g/mol. The van der Waals surface area contributed by atoms with Gasteiger partial charge in [-0.05, 0) is 35.0 Å². The van der Waals surface area contributed by atoms with Crippen LogP contribution < -0.4 is 5.32 Å². The first-order valence-electron chi connectivity index (χ1n) is 6.61. The summed E-state index contributed by atoms with van der Waals surface area (Å²) in [6.45, 7) is 2.72. The Morgan fingerprint density at radius 3 is 2.86 bits per heavy atom. The molecule has 0 saturated carbocycles. The summed E-state index contributed by atoms with van der Waals surface area (Å²) in [5.74, 6) is 0.792. The Balaban J connectivity index is 1.75. The molecule has 0 amide bonds. The SMILES string of the molecule is Cc1csc2c(NCC=Cc3ccccc3)nc(Cl)nc12. The van der Waals surface area contributed by atoms with Gasteiger partial charge >= 0.3 is 0 Å². The van der Waals surface area contributed by atoms with Crippen LogP contribution in [0.3, 0.4) is 0 Å². The van der Waals surface area contributed by atoms with E-state index >= 15 is 0 Å². The van der Waals surface area contributed by atoms with Gasteiger partial charge in [0.15, 0.2) is 0 Å². The summed E-state index contributed by atoms with van der Waals surface area (Å²) in [5.41, 5.74) is 3.23. The highest BCUT2D eigenvalue weighted by Gasteiger charge is 2.09. The maximum Gasteiger partial charge on any atom is 0.224 e. The minimum Gasteiger partial charge on any atom is -0.365 e. The summed E-state index contributed by atoms with van der Waals surface area (Å²) in [7, 11) is 0. The van der Waals surface area contributed by atoms with Gasteiger partial charge in [0.1, 0.15) is 5.82 Å². The van der Waals surface area contributed by atoms with Crippen LogP contribution >= 0.6 is 22.9 Å². The molecule has 1 N–H and O–H groups in total. The standard InChI is InChI=1S/C16H14ClN3S/c1-11-10-21-14-13(11)19-16(17)20-15(14)18-9-5-8-12-6-3-2-4-7-12/h2-8,10H,9H2,1H3,(H,18,19,20). The maximum atomic E-state index is 5.99. The molecule has 0 bridgehead atoms. The second kappa shape index (κ2) is 6.24. The molecular weight excluding hydrogens is 302 g/mol. The Morgan fingerprint density at radius 1 is 1.24 bits per heavy atom. The van der Waals surface area contributed by atoms with Crippen LogP contribution in [0.2, 0.25) is 5.28 Å². The Bertz CT molecular complexity index is 781. The monoisotopic (exact) mass is 315 g/mol. The Morgan fingerprint density at radius 2 is 2.05 bits per heavy atom. The van der Waals surface area contributed by atoms with Crippen molar-refractivity contribution in [3.63, 3.8) is 0 Å². The molecule has 0 aliphatic heterocycles. The molecule has 21 heavy (non-hydrogen) atoms. The van der Waals surface area contributed by atoms with E-state index in [0.717, 1.165) is 21.6 Å². The molecule has 3 aromatic rings. The first-order valence-corrected chi connectivity index (χ1v) is 7.86. The van der Waals surface area contributed by atoms with Gasteiger partial charge in [0.2, 0.25) is 5.28 Å². The van der Waals surface area contributed by atoms with Gasteiger partial charge in [-0.15, -0.1) is 11.3 Å². The number of rotatable bonds is 4. The predicted octanol–water partition coefficient (Wildman–Crippen LogP) is 4.78. The van der Waals surface area contributed by atoms with Crippen LogP contribution in [0.15, 0.2) is 41.8 Å². The van der Waals surface area contributed by atoms with Gasteiger partial charge in [0, 0.05) is 6.54 Å². The summed E-state index contributed by atoms with van der Waals surface area (Å²) >= 11 is 7.62. The van der Waals surface area contributed by atoms with E-state index in [1.165, 1.54) is 5.56 Å². The van der Waals surface area contributed by atoms with Crippen molar-refractivity contribution in [1.82, 2.24) is 9.97 Å². The number of nitrogens with one attached hydrogen (secondary N) is 1. The molecule has 0 atom stereocenters. The zero-order chi connectivity index (χ0) is 14.7. The van der Waals surface area contributed by atoms with E-state index in [-0.39, 0.29) is 5.28 Å². The van der Waals surface area contributed by atoms with E-state index in [4.69, 9.17) is 11.6 Å². The summed E-state index contributed by atoms with van der Waals surface area (Å²) in [5, 5.41) is 5.65. The molecule has 0 aliphatic carbocycles.